The number of hydrogen-bond donors (Lipinski definition) is 0. The summed E-state index contributed by atoms with van der Waals surface area (Å²) < 4.78 is 5.51. The number of para-hydroxylation sites is 1. The minimum Gasteiger partial charge on any atom is -0.493 e. The van der Waals surface area contributed by atoms with Gasteiger partial charge < -0.3 is 4.74 Å². The Hall–Kier alpha value is -1.60. The highest BCUT2D eigenvalue weighted by atomic mass is 16.5. The summed E-state index contributed by atoms with van der Waals surface area (Å²) in [6.45, 7) is 2.59. The van der Waals surface area contributed by atoms with Crippen molar-refractivity contribution in [2.45, 2.75) is 19.4 Å². The number of fused-ring (bicyclic) bond motifs is 1. The van der Waals surface area contributed by atoms with E-state index in [1.165, 1.54) is 5.56 Å². The van der Waals surface area contributed by atoms with E-state index >= 15 is 0 Å². The second-order valence-corrected chi connectivity index (χ2v) is 3.33. The lowest BCUT2D eigenvalue weighted by atomic mass is 10.0. The summed E-state index contributed by atoms with van der Waals surface area (Å²) in [5, 5.41) is 0. The second kappa shape index (κ2) is 3.64. The lowest BCUT2D eigenvalue weighted by Gasteiger charge is -2.09. The van der Waals surface area contributed by atoms with Crippen LogP contribution in [-0.4, -0.2) is 12.7 Å². The number of carbonyl (C=O) groups excluding carboxylic acids is 1. The molecule has 1 atom stereocenters. The van der Waals surface area contributed by atoms with Crippen LogP contribution in [0.3, 0.4) is 0 Å². The normalized spacial score (nSPS) is 15.2. The SMILES string of the molecule is CC(N=C=O)c1cccc2c1OCC2. The highest BCUT2D eigenvalue weighted by molar-refractivity contribution is 5.46. The summed E-state index contributed by atoms with van der Waals surface area (Å²) in [6.07, 6.45) is 2.52. The maximum atomic E-state index is 10.2. The molecule has 14 heavy (non-hydrogen) atoms. The van der Waals surface area contributed by atoms with Gasteiger partial charge in [0.2, 0.25) is 6.08 Å². The van der Waals surface area contributed by atoms with Crippen molar-refractivity contribution in [1.82, 2.24) is 0 Å². The van der Waals surface area contributed by atoms with Gasteiger partial charge in [0.25, 0.3) is 0 Å². The molecular formula is C11H11NO2. The molecule has 0 fully saturated rings. The number of isocyanates is 1. The Morgan fingerprint density at radius 3 is 3.21 bits per heavy atom. The summed E-state index contributed by atoms with van der Waals surface area (Å²) in [5.74, 6) is 0.902. The van der Waals surface area contributed by atoms with E-state index in [1.807, 2.05) is 25.1 Å². The van der Waals surface area contributed by atoms with Crippen LogP contribution in [0.25, 0.3) is 0 Å². The molecule has 1 aromatic rings. The predicted octanol–water partition coefficient (Wildman–Crippen LogP) is 2.02. The van der Waals surface area contributed by atoms with Crippen LogP contribution in [0.4, 0.5) is 0 Å². The molecule has 72 valence electrons. The second-order valence-electron chi connectivity index (χ2n) is 3.33. The Bertz CT molecular complexity index is 394. The van der Waals surface area contributed by atoms with E-state index in [1.54, 1.807) is 6.08 Å². The first-order valence-corrected chi connectivity index (χ1v) is 4.64. The van der Waals surface area contributed by atoms with Gasteiger partial charge in [-0.2, -0.15) is 4.99 Å². The molecule has 0 spiro atoms. The molecule has 0 saturated heterocycles. The molecule has 2 rings (SSSR count). The van der Waals surface area contributed by atoms with Gasteiger partial charge in [0.15, 0.2) is 0 Å². The van der Waals surface area contributed by atoms with Crippen LogP contribution in [0.15, 0.2) is 23.2 Å². The molecule has 0 radical (unpaired) electrons. The summed E-state index contributed by atoms with van der Waals surface area (Å²) in [5.41, 5.74) is 2.18. The maximum absolute atomic E-state index is 10.2. The molecular weight excluding hydrogens is 178 g/mol. The lowest BCUT2D eigenvalue weighted by Crippen LogP contribution is -1.94. The Morgan fingerprint density at radius 1 is 1.57 bits per heavy atom. The number of rotatable bonds is 2. The Morgan fingerprint density at radius 2 is 2.43 bits per heavy atom. The van der Waals surface area contributed by atoms with Crippen molar-refractivity contribution in [3.8, 4) is 5.75 Å². The van der Waals surface area contributed by atoms with Crippen LogP contribution in [0.2, 0.25) is 0 Å². The third kappa shape index (κ3) is 1.42. The summed E-state index contributed by atoms with van der Waals surface area (Å²) >= 11 is 0. The smallest absolute Gasteiger partial charge is 0.235 e. The van der Waals surface area contributed by atoms with E-state index in [2.05, 4.69) is 4.99 Å². The fourth-order valence-corrected chi connectivity index (χ4v) is 1.72. The van der Waals surface area contributed by atoms with Gasteiger partial charge in [-0.1, -0.05) is 18.2 Å². The quantitative estimate of drug-likeness (QED) is 0.527. The first-order chi connectivity index (χ1) is 6.83. The topological polar surface area (TPSA) is 38.7 Å². The van der Waals surface area contributed by atoms with Gasteiger partial charge in [0.1, 0.15) is 5.75 Å². The van der Waals surface area contributed by atoms with Crippen LogP contribution in [-0.2, 0) is 11.2 Å². The zero-order valence-corrected chi connectivity index (χ0v) is 7.99. The lowest BCUT2D eigenvalue weighted by molar-refractivity contribution is 0.352. The maximum Gasteiger partial charge on any atom is 0.235 e. The van der Waals surface area contributed by atoms with Crippen LogP contribution < -0.4 is 4.74 Å². The van der Waals surface area contributed by atoms with E-state index < -0.39 is 0 Å². The molecule has 0 aliphatic carbocycles. The average molecular weight is 189 g/mol. The molecule has 1 heterocycles. The van der Waals surface area contributed by atoms with Crippen molar-refractivity contribution in [2.24, 2.45) is 4.99 Å². The van der Waals surface area contributed by atoms with Gasteiger partial charge in [0, 0.05) is 12.0 Å². The molecule has 1 aliphatic rings. The van der Waals surface area contributed by atoms with Crippen molar-refractivity contribution >= 4 is 6.08 Å². The largest absolute Gasteiger partial charge is 0.493 e. The van der Waals surface area contributed by atoms with Crippen molar-refractivity contribution in [3.05, 3.63) is 29.3 Å². The van der Waals surface area contributed by atoms with Gasteiger partial charge in [-0.05, 0) is 12.5 Å². The van der Waals surface area contributed by atoms with Crippen LogP contribution in [0.1, 0.15) is 24.1 Å². The van der Waals surface area contributed by atoms with Crippen molar-refractivity contribution in [2.75, 3.05) is 6.61 Å². The molecule has 1 aliphatic heterocycles. The molecule has 3 heteroatoms. The molecule has 1 unspecified atom stereocenters. The molecule has 0 N–H and O–H groups in total. The minimum atomic E-state index is -0.166. The van der Waals surface area contributed by atoms with Crippen LogP contribution >= 0.6 is 0 Å². The van der Waals surface area contributed by atoms with Crippen molar-refractivity contribution in [1.29, 1.82) is 0 Å². The molecule has 0 saturated carbocycles. The zero-order chi connectivity index (χ0) is 9.97. The van der Waals surface area contributed by atoms with E-state index in [-0.39, 0.29) is 6.04 Å². The zero-order valence-electron chi connectivity index (χ0n) is 7.99. The number of hydrogen-bond acceptors (Lipinski definition) is 3. The number of benzene rings is 1. The third-order valence-electron chi connectivity index (χ3n) is 2.44. The van der Waals surface area contributed by atoms with E-state index in [4.69, 9.17) is 4.74 Å². The molecule has 1 aromatic carbocycles. The van der Waals surface area contributed by atoms with Gasteiger partial charge in [0.05, 0.1) is 12.6 Å². The number of nitrogens with zero attached hydrogens (tertiary/aromatic N) is 1. The highest BCUT2D eigenvalue weighted by Gasteiger charge is 2.18. The predicted molar refractivity (Wildman–Crippen MR) is 52.2 cm³/mol. The standard InChI is InChI=1S/C11H11NO2/c1-8(12-7-13)10-4-2-3-9-5-6-14-11(9)10/h2-4,8H,5-6H2,1H3. The number of aliphatic imine (C=N–C) groups is 1. The summed E-state index contributed by atoms with van der Waals surface area (Å²) in [4.78, 5) is 13.8. The van der Waals surface area contributed by atoms with Crippen molar-refractivity contribution in [3.63, 3.8) is 0 Å². The van der Waals surface area contributed by atoms with Crippen LogP contribution in [0, 0.1) is 0 Å². The van der Waals surface area contributed by atoms with Crippen LogP contribution in [0.5, 0.6) is 5.75 Å². The van der Waals surface area contributed by atoms with Gasteiger partial charge >= 0.3 is 0 Å². The summed E-state index contributed by atoms with van der Waals surface area (Å²) in [6, 6.07) is 5.79. The highest BCUT2D eigenvalue weighted by Crippen LogP contribution is 2.34. The van der Waals surface area contributed by atoms with E-state index in [0.29, 0.717) is 0 Å². The fourth-order valence-electron chi connectivity index (χ4n) is 1.72. The van der Waals surface area contributed by atoms with Gasteiger partial charge in [-0.25, -0.2) is 4.79 Å². The fraction of sp³-hybridized carbons (Fsp3) is 0.364. The first-order valence-electron chi connectivity index (χ1n) is 4.64. The Kier molecular flexibility index (Phi) is 2.33. The summed E-state index contributed by atoms with van der Waals surface area (Å²) in [7, 11) is 0. The number of ether oxygens (including phenoxy) is 1. The molecule has 3 nitrogen and oxygen atoms in total. The molecule has 0 aromatic heterocycles. The Balaban J connectivity index is 2.43. The molecule has 0 bridgehead atoms. The van der Waals surface area contributed by atoms with Gasteiger partial charge in [-0.15, -0.1) is 0 Å². The molecule has 0 amide bonds. The van der Waals surface area contributed by atoms with E-state index in [0.717, 1.165) is 24.3 Å². The minimum absolute atomic E-state index is 0.166. The van der Waals surface area contributed by atoms with E-state index in [9.17, 15) is 4.79 Å². The monoisotopic (exact) mass is 189 g/mol. The average Bonchev–Trinajstić information content (AvgIpc) is 2.65. The Labute approximate surface area is 82.4 Å². The van der Waals surface area contributed by atoms with Crippen molar-refractivity contribution < 1.29 is 9.53 Å². The van der Waals surface area contributed by atoms with Gasteiger partial charge in [-0.3, -0.25) is 0 Å². The third-order valence-corrected chi connectivity index (χ3v) is 2.44. The first kappa shape index (κ1) is 8.97.